The number of rotatable bonds is 8. The van der Waals surface area contributed by atoms with E-state index in [1.807, 2.05) is 55.5 Å². The zero-order valence-corrected chi connectivity index (χ0v) is 16.8. The second-order valence-electron chi connectivity index (χ2n) is 6.56. The van der Waals surface area contributed by atoms with Crippen molar-refractivity contribution in [3.05, 3.63) is 66.0 Å². The van der Waals surface area contributed by atoms with Crippen LogP contribution < -0.4 is 20.7 Å². The molecule has 0 bridgehead atoms. The molecule has 3 aromatic rings. The summed E-state index contributed by atoms with van der Waals surface area (Å²) in [5.41, 5.74) is 2.77. The SMILES string of the molecule is COc1ccccc1CCNc1cc(Nc2ccc(NC(C)=O)cc2)nc(C)n1. The molecule has 0 fully saturated rings. The Kier molecular flexibility index (Phi) is 6.63. The molecule has 1 heterocycles. The summed E-state index contributed by atoms with van der Waals surface area (Å²) in [7, 11) is 1.68. The van der Waals surface area contributed by atoms with Crippen LogP contribution in [-0.4, -0.2) is 29.5 Å². The third-order valence-electron chi connectivity index (χ3n) is 4.21. The molecule has 7 heteroatoms. The van der Waals surface area contributed by atoms with Gasteiger partial charge in [0.2, 0.25) is 5.91 Å². The van der Waals surface area contributed by atoms with Gasteiger partial charge < -0.3 is 20.7 Å². The van der Waals surface area contributed by atoms with Crippen LogP contribution in [0.5, 0.6) is 5.75 Å². The number of benzene rings is 2. The summed E-state index contributed by atoms with van der Waals surface area (Å²) in [4.78, 5) is 20.0. The lowest BCUT2D eigenvalue weighted by atomic mass is 10.1. The van der Waals surface area contributed by atoms with Gasteiger partial charge in [0.1, 0.15) is 23.2 Å². The van der Waals surface area contributed by atoms with Gasteiger partial charge in [-0.15, -0.1) is 0 Å². The number of ether oxygens (including phenoxy) is 1. The molecular formula is C22H25N5O2. The fourth-order valence-corrected chi connectivity index (χ4v) is 2.95. The van der Waals surface area contributed by atoms with Gasteiger partial charge >= 0.3 is 0 Å². The van der Waals surface area contributed by atoms with Crippen molar-refractivity contribution in [2.24, 2.45) is 0 Å². The molecule has 2 aromatic carbocycles. The molecule has 150 valence electrons. The van der Waals surface area contributed by atoms with Crippen molar-refractivity contribution in [3.63, 3.8) is 0 Å². The van der Waals surface area contributed by atoms with Crippen molar-refractivity contribution >= 4 is 28.9 Å². The topological polar surface area (TPSA) is 88.2 Å². The van der Waals surface area contributed by atoms with Crippen molar-refractivity contribution in [2.45, 2.75) is 20.3 Å². The van der Waals surface area contributed by atoms with E-state index in [1.54, 1.807) is 7.11 Å². The summed E-state index contributed by atoms with van der Waals surface area (Å²) in [5.74, 6) is 2.91. The van der Waals surface area contributed by atoms with E-state index >= 15 is 0 Å². The van der Waals surface area contributed by atoms with E-state index in [9.17, 15) is 4.79 Å². The first-order chi connectivity index (χ1) is 14.0. The first-order valence-electron chi connectivity index (χ1n) is 9.39. The van der Waals surface area contributed by atoms with Gasteiger partial charge in [0.15, 0.2) is 0 Å². The number of nitrogens with one attached hydrogen (secondary N) is 3. The number of para-hydroxylation sites is 1. The number of hydrogen-bond acceptors (Lipinski definition) is 6. The highest BCUT2D eigenvalue weighted by Gasteiger charge is 2.05. The Morgan fingerprint density at radius 1 is 1.00 bits per heavy atom. The molecule has 0 aliphatic rings. The molecule has 7 nitrogen and oxygen atoms in total. The lowest BCUT2D eigenvalue weighted by molar-refractivity contribution is -0.114. The molecule has 0 saturated heterocycles. The van der Waals surface area contributed by atoms with Crippen molar-refractivity contribution in [3.8, 4) is 5.75 Å². The standard InChI is InChI=1S/C22H25N5O2/c1-15-24-21(23-13-12-17-6-4-5-7-20(17)29-3)14-22(25-15)27-19-10-8-18(9-11-19)26-16(2)28/h4-11,14H,12-13H2,1-3H3,(H,26,28)(H2,23,24,25,27). The third kappa shape index (κ3) is 5.93. The highest BCUT2D eigenvalue weighted by atomic mass is 16.5. The Bertz CT molecular complexity index is 973. The summed E-state index contributed by atoms with van der Waals surface area (Å²) < 4.78 is 5.40. The van der Waals surface area contributed by atoms with Crippen LogP contribution in [0.15, 0.2) is 54.6 Å². The quantitative estimate of drug-likeness (QED) is 0.535. The number of carbonyl (C=O) groups is 1. The molecule has 0 radical (unpaired) electrons. The van der Waals surface area contributed by atoms with Crippen LogP contribution in [0.3, 0.4) is 0 Å². The number of methoxy groups -OCH3 is 1. The lowest BCUT2D eigenvalue weighted by Gasteiger charge is -2.12. The van der Waals surface area contributed by atoms with Crippen LogP contribution in [0.2, 0.25) is 0 Å². The van der Waals surface area contributed by atoms with Gasteiger partial charge in [0.05, 0.1) is 7.11 Å². The van der Waals surface area contributed by atoms with E-state index < -0.39 is 0 Å². The van der Waals surface area contributed by atoms with Crippen molar-refractivity contribution in [2.75, 3.05) is 29.6 Å². The molecule has 0 spiro atoms. The highest BCUT2D eigenvalue weighted by Crippen LogP contribution is 2.21. The minimum atomic E-state index is -0.0963. The molecule has 0 aliphatic heterocycles. The molecule has 0 aliphatic carbocycles. The van der Waals surface area contributed by atoms with E-state index in [0.29, 0.717) is 11.6 Å². The van der Waals surface area contributed by atoms with Crippen LogP contribution in [0, 0.1) is 6.92 Å². The fraction of sp³-hybridized carbons (Fsp3) is 0.227. The maximum atomic E-state index is 11.1. The predicted octanol–water partition coefficient (Wildman–Crippen LogP) is 4.15. The van der Waals surface area contributed by atoms with Crippen LogP contribution in [0.4, 0.5) is 23.0 Å². The summed E-state index contributed by atoms with van der Waals surface area (Å²) in [6.45, 7) is 4.07. The monoisotopic (exact) mass is 391 g/mol. The zero-order chi connectivity index (χ0) is 20.6. The normalized spacial score (nSPS) is 10.3. The smallest absolute Gasteiger partial charge is 0.221 e. The van der Waals surface area contributed by atoms with Gasteiger partial charge in [-0.3, -0.25) is 4.79 Å². The third-order valence-corrected chi connectivity index (χ3v) is 4.21. The number of aromatic nitrogens is 2. The van der Waals surface area contributed by atoms with E-state index in [2.05, 4.69) is 32.0 Å². The number of nitrogens with zero attached hydrogens (tertiary/aromatic N) is 2. The Morgan fingerprint density at radius 2 is 1.69 bits per heavy atom. The zero-order valence-electron chi connectivity index (χ0n) is 16.8. The number of aryl methyl sites for hydroxylation is 1. The Labute approximate surface area is 170 Å². The average molecular weight is 391 g/mol. The lowest BCUT2D eigenvalue weighted by Crippen LogP contribution is -2.09. The predicted molar refractivity (Wildman–Crippen MR) is 116 cm³/mol. The van der Waals surface area contributed by atoms with Crippen LogP contribution >= 0.6 is 0 Å². The van der Waals surface area contributed by atoms with Crippen LogP contribution in [0.25, 0.3) is 0 Å². The number of carbonyl (C=O) groups excluding carboxylic acids is 1. The minimum Gasteiger partial charge on any atom is -0.496 e. The van der Waals surface area contributed by atoms with Crippen molar-refractivity contribution < 1.29 is 9.53 Å². The molecule has 29 heavy (non-hydrogen) atoms. The largest absolute Gasteiger partial charge is 0.496 e. The first-order valence-corrected chi connectivity index (χ1v) is 9.39. The van der Waals surface area contributed by atoms with Gasteiger partial charge in [0, 0.05) is 30.9 Å². The second-order valence-corrected chi connectivity index (χ2v) is 6.56. The fourth-order valence-electron chi connectivity index (χ4n) is 2.95. The van der Waals surface area contributed by atoms with Gasteiger partial charge in [-0.25, -0.2) is 9.97 Å². The Morgan fingerprint density at radius 3 is 2.41 bits per heavy atom. The van der Waals surface area contributed by atoms with E-state index in [0.717, 1.165) is 41.5 Å². The van der Waals surface area contributed by atoms with Gasteiger partial charge in [-0.05, 0) is 49.2 Å². The average Bonchev–Trinajstić information content (AvgIpc) is 2.69. The van der Waals surface area contributed by atoms with Crippen molar-refractivity contribution in [1.82, 2.24) is 9.97 Å². The van der Waals surface area contributed by atoms with Gasteiger partial charge in [-0.1, -0.05) is 18.2 Å². The molecular weight excluding hydrogens is 366 g/mol. The van der Waals surface area contributed by atoms with Crippen molar-refractivity contribution in [1.29, 1.82) is 0 Å². The number of amides is 1. The summed E-state index contributed by atoms with van der Waals surface area (Å²) >= 11 is 0. The van der Waals surface area contributed by atoms with E-state index in [1.165, 1.54) is 6.92 Å². The van der Waals surface area contributed by atoms with Gasteiger partial charge in [-0.2, -0.15) is 0 Å². The summed E-state index contributed by atoms with van der Waals surface area (Å²) in [6.07, 6.45) is 0.820. The minimum absolute atomic E-state index is 0.0963. The maximum absolute atomic E-state index is 11.1. The van der Waals surface area contributed by atoms with E-state index in [4.69, 9.17) is 4.74 Å². The first kappa shape index (κ1) is 20.1. The van der Waals surface area contributed by atoms with Crippen LogP contribution in [0.1, 0.15) is 18.3 Å². The molecule has 1 aromatic heterocycles. The van der Waals surface area contributed by atoms with E-state index in [-0.39, 0.29) is 5.91 Å². The number of hydrogen-bond donors (Lipinski definition) is 3. The summed E-state index contributed by atoms with van der Waals surface area (Å²) in [5, 5.41) is 9.36. The Balaban J connectivity index is 1.62. The molecule has 0 saturated carbocycles. The molecule has 3 N–H and O–H groups in total. The van der Waals surface area contributed by atoms with Crippen LogP contribution in [-0.2, 0) is 11.2 Å². The Hall–Kier alpha value is -3.61. The van der Waals surface area contributed by atoms with Gasteiger partial charge in [0.25, 0.3) is 0 Å². The maximum Gasteiger partial charge on any atom is 0.221 e. The molecule has 1 amide bonds. The molecule has 0 unspecified atom stereocenters. The summed E-state index contributed by atoms with van der Waals surface area (Å²) in [6, 6.07) is 17.3. The second kappa shape index (κ2) is 9.54. The number of anilines is 4. The molecule has 0 atom stereocenters. The molecule has 3 rings (SSSR count). The highest BCUT2D eigenvalue weighted by molar-refractivity contribution is 5.88.